The molecule has 0 spiro atoms. The summed E-state index contributed by atoms with van der Waals surface area (Å²) in [4.78, 5) is 2.39. The van der Waals surface area contributed by atoms with Gasteiger partial charge in [0, 0.05) is 23.8 Å². The van der Waals surface area contributed by atoms with Crippen molar-refractivity contribution in [1.82, 2.24) is 0 Å². The van der Waals surface area contributed by atoms with Gasteiger partial charge < -0.3 is 10.6 Å². The molecule has 3 N–H and O–H groups in total. The van der Waals surface area contributed by atoms with Crippen LogP contribution < -0.4 is 10.6 Å². The Balaban J connectivity index is 2.30. The van der Waals surface area contributed by atoms with Gasteiger partial charge in [0.1, 0.15) is 5.84 Å². The fourth-order valence-corrected chi connectivity index (χ4v) is 2.72. The molecule has 3 nitrogen and oxygen atoms in total. The second kappa shape index (κ2) is 4.78. The highest BCUT2D eigenvalue weighted by molar-refractivity contribution is 6.00. The van der Waals surface area contributed by atoms with Crippen LogP contribution in [-0.2, 0) is 0 Å². The summed E-state index contributed by atoms with van der Waals surface area (Å²) in [7, 11) is 0. The number of para-hydroxylation sites is 1. The number of anilines is 1. The van der Waals surface area contributed by atoms with Gasteiger partial charge in [0.15, 0.2) is 0 Å². The highest BCUT2D eigenvalue weighted by Crippen LogP contribution is 2.29. The topological polar surface area (TPSA) is 53.1 Å². The molecule has 0 aliphatic carbocycles. The summed E-state index contributed by atoms with van der Waals surface area (Å²) < 4.78 is 0. The lowest BCUT2D eigenvalue weighted by Crippen LogP contribution is -2.41. The Kier molecular flexibility index (Phi) is 3.36. The van der Waals surface area contributed by atoms with Gasteiger partial charge >= 0.3 is 0 Å². The van der Waals surface area contributed by atoms with Crippen LogP contribution in [0, 0.1) is 11.3 Å². The van der Waals surface area contributed by atoms with Gasteiger partial charge in [0.25, 0.3) is 0 Å². The second-order valence-corrected chi connectivity index (χ2v) is 5.10. The third kappa shape index (κ3) is 2.43. The molecule has 1 saturated heterocycles. The zero-order valence-electron chi connectivity index (χ0n) is 10.6. The van der Waals surface area contributed by atoms with E-state index in [9.17, 15) is 0 Å². The molecule has 2 atom stereocenters. The van der Waals surface area contributed by atoms with E-state index in [0.29, 0.717) is 6.04 Å². The second-order valence-electron chi connectivity index (χ2n) is 5.10. The van der Waals surface area contributed by atoms with Crippen molar-refractivity contribution in [2.45, 2.75) is 32.7 Å². The normalized spacial score (nSPS) is 24.7. The summed E-state index contributed by atoms with van der Waals surface area (Å²) in [5.74, 6) is 0.956. The molecule has 0 saturated carbocycles. The summed E-state index contributed by atoms with van der Waals surface area (Å²) in [6, 6.07) is 8.49. The van der Waals surface area contributed by atoms with Gasteiger partial charge in [-0.3, -0.25) is 5.41 Å². The highest BCUT2D eigenvalue weighted by atomic mass is 15.2. The molecule has 1 aromatic rings. The summed E-state index contributed by atoms with van der Waals surface area (Å²) in [5, 5.41) is 7.65. The number of nitrogen functional groups attached to an aromatic ring is 1. The molecule has 0 aromatic heterocycles. The van der Waals surface area contributed by atoms with E-state index in [1.54, 1.807) is 0 Å². The van der Waals surface area contributed by atoms with Gasteiger partial charge in [-0.15, -0.1) is 0 Å². The smallest absolute Gasteiger partial charge is 0.124 e. The predicted octanol–water partition coefficient (Wildman–Crippen LogP) is 2.60. The van der Waals surface area contributed by atoms with Crippen molar-refractivity contribution in [3.8, 4) is 0 Å². The van der Waals surface area contributed by atoms with Crippen LogP contribution in [0.5, 0.6) is 0 Å². The molecule has 17 heavy (non-hydrogen) atoms. The summed E-state index contributed by atoms with van der Waals surface area (Å²) in [5.41, 5.74) is 7.62. The number of piperidine rings is 1. The van der Waals surface area contributed by atoms with Crippen molar-refractivity contribution in [2.24, 2.45) is 11.7 Å². The van der Waals surface area contributed by atoms with Crippen LogP contribution >= 0.6 is 0 Å². The first-order chi connectivity index (χ1) is 8.09. The number of nitrogens with one attached hydrogen (secondary N) is 1. The van der Waals surface area contributed by atoms with Gasteiger partial charge in [-0.1, -0.05) is 19.1 Å². The molecule has 1 aliphatic heterocycles. The van der Waals surface area contributed by atoms with Crippen molar-refractivity contribution in [3.63, 3.8) is 0 Å². The molecule has 1 aromatic carbocycles. The Morgan fingerprint density at radius 3 is 2.71 bits per heavy atom. The van der Waals surface area contributed by atoms with Crippen LogP contribution in [0.4, 0.5) is 5.69 Å². The average Bonchev–Trinajstić information content (AvgIpc) is 2.29. The lowest BCUT2D eigenvalue weighted by atomic mass is 9.92. The van der Waals surface area contributed by atoms with E-state index in [1.165, 1.54) is 12.8 Å². The summed E-state index contributed by atoms with van der Waals surface area (Å²) >= 11 is 0. The van der Waals surface area contributed by atoms with Crippen LogP contribution in [0.25, 0.3) is 0 Å². The summed E-state index contributed by atoms with van der Waals surface area (Å²) in [6.07, 6.45) is 2.43. The molecule has 0 bridgehead atoms. The number of hydrogen-bond donors (Lipinski definition) is 2. The van der Waals surface area contributed by atoms with Crippen molar-refractivity contribution < 1.29 is 0 Å². The molecule has 3 heteroatoms. The maximum atomic E-state index is 7.65. The van der Waals surface area contributed by atoms with E-state index in [-0.39, 0.29) is 5.84 Å². The quantitative estimate of drug-likeness (QED) is 0.607. The number of nitrogens with zero attached hydrogens (tertiary/aromatic N) is 1. The maximum Gasteiger partial charge on any atom is 0.124 e. The van der Waals surface area contributed by atoms with Gasteiger partial charge in [0.05, 0.1) is 0 Å². The molecule has 0 amide bonds. The predicted molar refractivity (Wildman–Crippen MR) is 72.7 cm³/mol. The zero-order chi connectivity index (χ0) is 12.4. The van der Waals surface area contributed by atoms with Crippen LogP contribution in [0.15, 0.2) is 24.3 Å². The first-order valence-corrected chi connectivity index (χ1v) is 6.29. The van der Waals surface area contributed by atoms with E-state index in [2.05, 4.69) is 24.8 Å². The number of hydrogen-bond acceptors (Lipinski definition) is 2. The first-order valence-electron chi connectivity index (χ1n) is 6.29. The van der Waals surface area contributed by atoms with Crippen molar-refractivity contribution >= 4 is 11.5 Å². The lowest BCUT2D eigenvalue weighted by molar-refractivity contribution is 0.378. The third-order valence-electron chi connectivity index (χ3n) is 3.64. The maximum absolute atomic E-state index is 7.65. The van der Waals surface area contributed by atoms with Crippen molar-refractivity contribution in [1.29, 1.82) is 5.41 Å². The van der Waals surface area contributed by atoms with Gasteiger partial charge in [-0.05, 0) is 37.8 Å². The fourth-order valence-electron chi connectivity index (χ4n) is 2.72. The van der Waals surface area contributed by atoms with E-state index >= 15 is 0 Å². The molecule has 1 aliphatic rings. The largest absolute Gasteiger partial charge is 0.384 e. The highest BCUT2D eigenvalue weighted by Gasteiger charge is 2.24. The Labute approximate surface area is 103 Å². The third-order valence-corrected chi connectivity index (χ3v) is 3.64. The lowest BCUT2D eigenvalue weighted by Gasteiger charge is -2.39. The van der Waals surface area contributed by atoms with Crippen molar-refractivity contribution in [2.75, 3.05) is 11.4 Å². The van der Waals surface area contributed by atoms with E-state index in [0.717, 1.165) is 23.7 Å². The Bertz CT molecular complexity index is 414. The minimum absolute atomic E-state index is 0.159. The fraction of sp³-hybridized carbons (Fsp3) is 0.500. The minimum atomic E-state index is 0.159. The number of rotatable bonds is 2. The number of amidine groups is 1. The van der Waals surface area contributed by atoms with E-state index < -0.39 is 0 Å². The van der Waals surface area contributed by atoms with Gasteiger partial charge in [-0.25, -0.2) is 0 Å². The Morgan fingerprint density at radius 1 is 1.35 bits per heavy atom. The minimum Gasteiger partial charge on any atom is -0.384 e. The van der Waals surface area contributed by atoms with Gasteiger partial charge in [0.2, 0.25) is 0 Å². The Hall–Kier alpha value is -1.51. The van der Waals surface area contributed by atoms with Crippen LogP contribution in [0.3, 0.4) is 0 Å². The zero-order valence-corrected chi connectivity index (χ0v) is 10.6. The van der Waals surface area contributed by atoms with E-state index in [4.69, 9.17) is 11.1 Å². The number of nitrogens with two attached hydrogens (primary N) is 1. The van der Waals surface area contributed by atoms with Crippen LogP contribution in [0.1, 0.15) is 32.3 Å². The molecule has 1 fully saturated rings. The van der Waals surface area contributed by atoms with Crippen LogP contribution in [-0.4, -0.2) is 18.4 Å². The SMILES string of the molecule is CC1CCN(c2ccccc2C(=N)N)C(C)C1. The molecular weight excluding hydrogens is 210 g/mol. The molecule has 2 unspecified atom stereocenters. The monoisotopic (exact) mass is 231 g/mol. The Morgan fingerprint density at radius 2 is 2.06 bits per heavy atom. The first kappa shape index (κ1) is 12.0. The van der Waals surface area contributed by atoms with E-state index in [1.807, 2.05) is 18.2 Å². The summed E-state index contributed by atoms with van der Waals surface area (Å²) in [6.45, 7) is 5.63. The molecular formula is C14H21N3. The number of benzene rings is 1. The average molecular weight is 231 g/mol. The molecule has 2 rings (SSSR count). The van der Waals surface area contributed by atoms with Crippen molar-refractivity contribution in [3.05, 3.63) is 29.8 Å². The van der Waals surface area contributed by atoms with Crippen LogP contribution in [0.2, 0.25) is 0 Å². The van der Waals surface area contributed by atoms with Gasteiger partial charge in [-0.2, -0.15) is 0 Å². The molecule has 1 heterocycles. The standard InChI is InChI=1S/C14H21N3/c1-10-7-8-17(11(2)9-10)13-6-4-3-5-12(13)14(15)16/h3-6,10-11H,7-9H2,1-2H3,(H3,15,16). The molecule has 92 valence electrons. The molecule has 0 radical (unpaired) electrons.